The van der Waals surface area contributed by atoms with Crippen LogP contribution in [0.1, 0.15) is 12.8 Å². The van der Waals surface area contributed by atoms with E-state index < -0.39 is 0 Å². The summed E-state index contributed by atoms with van der Waals surface area (Å²) in [5.41, 5.74) is 1.26. The lowest BCUT2D eigenvalue weighted by atomic mass is 9.81. The Morgan fingerprint density at radius 2 is 1.89 bits per heavy atom. The average molecular weight is 269 g/mol. The van der Waals surface area contributed by atoms with Gasteiger partial charge in [0.15, 0.2) is 0 Å². The van der Waals surface area contributed by atoms with Crippen molar-refractivity contribution in [2.45, 2.75) is 12.8 Å². The van der Waals surface area contributed by atoms with E-state index in [0.717, 1.165) is 44.0 Å². The van der Waals surface area contributed by atoms with Gasteiger partial charge in [0, 0.05) is 37.9 Å². The van der Waals surface area contributed by atoms with Crippen molar-refractivity contribution >= 4 is 18.3 Å². The molecule has 0 unspecified atom stereocenters. The van der Waals surface area contributed by atoms with E-state index in [2.05, 4.69) is 17.5 Å². The standard InChI is InChI=1S/C14H20FNOS/c1-16(13-4-2-12(15)3-5-13)10-14(11-18)6-8-17-9-7-14/h2-5,18H,6-11H2,1H3. The molecular weight excluding hydrogens is 249 g/mol. The van der Waals surface area contributed by atoms with Gasteiger partial charge in [0.25, 0.3) is 0 Å². The highest BCUT2D eigenvalue weighted by Crippen LogP contribution is 2.33. The lowest BCUT2D eigenvalue weighted by molar-refractivity contribution is 0.0301. The molecule has 0 amide bonds. The summed E-state index contributed by atoms with van der Waals surface area (Å²) in [5.74, 6) is 0.671. The zero-order chi connectivity index (χ0) is 13.0. The van der Waals surface area contributed by atoms with Crippen molar-refractivity contribution < 1.29 is 9.13 Å². The molecule has 0 spiro atoms. The highest BCUT2D eigenvalue weighted by molar-refractivity contribution is 7.80. The minimum Gasteiger partial charge on any atom is -0.381 e. The van der Waals surface area contributed by atoms with Crippen molar-refractivity contribution in [3.63, 3.8) is 0 Å². The predicted octanol–water partition coefficient (Wildman–Crippen LogP) is 2.99. The van der Waals surface area contributed by atoms with Gasteiger partial charge in [-0.3, -0.25) is 0 Å². The topological polar surface area (TPSA) is 12.5 Å². The first-order chi connectivity index (χ1) is 8.65. The Balaban J connectivity index is 2.04. The van der Waals surface area contributed by atoms with E-state index >= 15 is 0 Å². The number of hydrogen-bond acceptors (Lipinski definition) is 3. The molecule has 1 aromatic carbocycles. The van der Waals surface area contributed by atoms with Gasteiger partial charge < -0.3 is 9.64 Å². The number of halogens is 1. The maximum Gasteiger partial charge on any atom is 0.123 e. The van der Waals surface area contributed by atoms with Crippen LogP contribution in [0.4, 0.5) is 10.1 Å². The molecule has 0 bridgehead atoms. The summed E-state index contributed by atoms with van der Waals surface area (Å²) in [6.45, 7) is 2.57. The molecule has 0 aliphatic carbocycles. The molecule has 1 aliphatic heterocycles. The van der Waals surface area contributed by atoms with Crippen LogP contribution in [0.25, 0.3) is 0 Å². The molecule has 1 saturated heterocycles. The van der Waals surface area contributed by atoms with Crippen molar-refractivity contribution in [1.29, 1.82) is 0 Å². The average Bonchev–Trinajstić information content (AvgIpc) is 2.40. The van der Waals surface area contributed by atoms with Gasteiger partial charge >= 0.3 is 0 Å². The van der Waals surface area contributed by atoms with Gasteiger partial charge in [-0.05, 0) is 42.9 Å². The van der Waals surface area contributed by atoms with Gasteiger partial charge in [0.1, 0.15) is 5.82 Å². The second-order valence-electron chi connectivity index (χ2n) is 5.10. The quantitative estimate of drug-likeness (QED) is 0.844. The van der Waals surface area contributed by atoms with E-state index in [1.165, 1.54) is 12.1 Å². The van der Waals surface area contributed by atoms with Gasteiger partial charge in [0.05, 0.1) is 0 Å². The maximum absolute atomic E-state index is 12.9. The first-order valence-electron chi connectivity index (χ1n) is 6.31. The third kappa shape index (κ3) is 3.18. The van der Waals surface area contributed by atoms with Crippen LogP contribution in [0.5, 0.6) is 0 Å². The van der Waals surface area contributed by atoms with Crippen LogP contribution in [0.2, 0.25) is 0 Å². The summed E-state index contributed by atoms with van der Waals surface area (Å²) in [4.78, 5) is 2.18. The van der Waals surface area contributed by atoms with Crippen LogP contribution in [-0.4, -0.2) is 32.6 Å². The summed E-state index contributed by atoms with van der Waals surface area (Å²) < 4.78 is 18.3. The van der Waals surface area contributed by atoms with E-state index in [0.29, 0.717) is 0 Å². The van der Waals surface area contributed by atoms with Crippen LogP contribution in [0.15, 0.2) is 24.3 Å². The molecular formula is C14H20FNOS. The van der Waals surface area contributed by atoms with E-state index in [-0.39, 0.29) is 11.2 Å². The van der Waals surface area contributed by atoms with Crippen molar-refractivity contribution in [3.8, 4) is 0 Å². The molecule has 0 atom stereocenters. The lowest BCUT2D eigenvalue weighted by Gasteiger charge is -2.39. The van der Waals surface area contributed by atoms with Crippen LogP contribution >= 0.6 is 12.6 Å². The number of benzene rings is 1. The maximum atomic E-state index is 12.9. The first kappa shape index (κ1) is 13.7. The van der Waals surface area contributed by atoms with Crippen LogP contribution in [0, 0.1) is 11.2 Å². The normalized spacial score (nSPS) is 18.6. The molecule has 1 heterocycles. The molecule has 2 nitrogen and oxygen atoms in total. The van der Waals surface area contributed by atoms with E-state index in [1.807, 2.05) is 19.2 Å². The Morgan fingerprint density at radius 1 is 1.28 bits per heavy atom. The van der Waals surface area contributed by atoms with Crippen molar-refractivity contribution in [1.82, 2.24) is 0 Å². The van der Waals surface area contributed by atoms with Crippen molar-refractivity contribution in [3.05, 3.63) is 30.1 Å². The Morgan fingerprint density at radius 3 is 2.44 bits per heavy atom. The fraction of sp³-hybridized carbons (Fsp3) is 0.571. The van der Waals surface area contributed by atoms with Crippen LogP contribution in [-0.2, 0) is 4.74 Å². The minimum atomic E-state index is -0.192. The molecule has 1 aromatic rings. The number of nitrogens with zero attached hydrogens (tertiary/aromatic N) is 1. The second kappa shape index (κ2) is 5.93. The number of rotatable bonds is 4. The Bertz CT molecular complexity index is 376. The van der Waals surface area contributed by atoms with Gasteiger partial charge in [0.2, 0.25) is 0 Å². The summed E-state index contributed by atoms with van der Waals surface area (Å²) in [7, 11) is 2.05. The Hall–Kier alpha value is -0.740. The fourth-order valence-corrected chi connectivity index (χ4v) is 2.88. The number of thiol groups is 1. The van der Waals surface area contributed by atoms with Crippen molar-refractivity contribution in [2.75, 3.05) is 37.5 Å². The van der Waals surface area contributed by atoms with Crippen LogP contribution in [0.3, 0.4) is 0 Å². The van der Waals surface area contributed by atoms with Crippen molar-refractivity contribution in [2.24, 2.45) is 5.41 Å². The molecule has 100 valence electrons. The molecule has 4 heteroatoms. The predicted molar refractivity (Wildman–Crippen MR) is 76.0 cm³/mol. The zero-order valence-electron chi connectivity index (χ0n) is 10.7. The highest BCUT2D eigenvalue weighted by Gasteiger charge is 2.32. The molecule has 1 fully saturated rings. The lowest BCUT2D eigenvalue weighted by Crippen LogP contribution is -2.41. The fourth-order valence-electron chi connectivity index (χ4n) is 2.46. The largest absolute Gasteiger partial charge is 0.381 e. The van der Waals surface area contributed by atoms with Gasteiger partial charge in [-0.1, -0.05) is 0 Å². The number of anilines is 1. The van der Waals surface area contributed by atoms with Crippen LogP contribution < -0.4 is 4.90 Å². The minimum absolute atomic E-state index is 0.192. The second-order valence-corrected chi connectivity index (χ2v) is 5.42. The third-order valence-electron chi connectivity index (χ3n) is 3.73. The van der Waals surface area contributed by atoms with Gasteiger partial charge in [-0.25, -0.2) is 4.39 Å². The molecule has 0 N–H and O–H groups in total. The van der Waals surface area contributed by atoms with Gasteiger partial charge in [-0.15, -0.1) is 0 Å². The summed E-state index contributed by atoms with van der Waals surface area (Å²) >= 11 is 4.51. The molecule has 2 rings (SSSR count). The number of ether oxygens (including phenoxy) is 1. The Kier molecular flexibility index (Phi) is 4.51. The monoisotopic (exact) mass is 269 g/mol. The SMILES string of the molecule is CN(CC1(CS)CCOCC1)c1ccc(F)cc1. The third-order valence-corrected chi connectivity index (χ3v) is 4.40. The zero-order valence-corrected chi connectivity index (χ0v) is 11.6. The van der Waals surface area contributed by atoms with E-state index in [1.54, 1.807) is 0 Å². The summed E-state index contributed by atoms with van der Waals surface area (Å²) in [6, 6.07) is 6.65. The number of hydrogen-bond donors (Lipinski definition) is 1. The summed E-state index contributed by atoms with van der Waals surface area (Å²) in [5, 5.41) is 0. The first-order valence-corrected chi connectivity index (χ1v) is 6.94. The molecule has 0 aromatic heterocycles. The Labute approximate surface area is 114 Å². The van der Waals surface area contributed by atoms with E-state index in [4.69, 9.17) is 4.74 Å². The molecule has 0 radical (unpaired) electrons. The molecule has 18 heavy (non-hydrogen) atoms. The van der Waals surface area contributed by atoms with E-state index in [9.17, 15) is 4.39 Å². The molecule has 0 saturated carbocycles. The smallest absolute Gasteiger partial charge is 0.123 e. The highest BCUT2D eigenvalue weighted by atomic mass is 32.1. The van der Waals surface area contributed by atoms with Gasteiger partial charge in [-0.2, -0.15) is 12.6 Å². The molecule has 1 aliphatic rings. The summed E-state index contributed by atoms with van der Waals surface area (Å²) in [6.07, 6.45) is 2.09.